The molecular weight excluding hydrogens is 326 g/mol. The Bertz CT molecular complexity index is 778. The third kappa shape index (κ3) is 4.42. The number of nitrogens with zero attached hydrogens (tertiary/aromatic N) is 2. The summed E-state index contributed by atoms with van der Waals surface area (Å²) in [7, 11) is 3.89. The molecule has 2 amide bonds. The topological polar surface area (TPSA) is 52.7 Å². The SMILES string of the molecule is CN(C)c1cccc(C(=O)Nc2ccc(CC(=O)N3CCCC3)cc2)c1. The zero-order valence-corrected chi connectivity index (χ0v) is 15.4. The summed E-state index contributed by atoms with van der Waals surface area (Å²) in [6, 6.07) is 15.0. The van der Waals surface area contributed by atoms with E-state index in [0.29, 0.717) is 12.0 Å². The second kappa shape index (κ2) is 8.04. The Morgan fingerprint density at radius 1 is 1.04 bits per heavy atom. The molecule has 5 nitrogen and oxygen atoms in total. The van der Waals surface area contributed by atoms with Gasteiger partial charge in [-0.1, -0.05) is 18.2 Å². The summed E-state index contributed by atoms with van der Waals surface area (Å²) >= 11 is 0. The first-order valence-corrected chi connectivity index (χ1v) is 8.98. The molecule has 1 aliphatic heterocycles. The van der Waals surface area contributed by atoms with Gasteiger partial charge in [0.15, 0.2) is 0 Å². The van der Waals surface area contributed by atoms with Crippen LogP contribution in [0, 0.1) is 0 Å². The van der Waals surface area contributed by atoms with Gasteiger partial charge >= 0.3 is 0 Å². The number of hydrogen-bond donors (Lipinski definition) is 1. The van der Waals surface area contributed by atoms with Crippen LogP contribution in [0.4, 0.5) is 11.4 Å². The van der Waals surface area contributed by atoms with E-state index in [1.807, 2.05) is 66.4 Å². The maximum atomic E-state index is 12.4. The molecule has 5 heteroatoms. The molecule has 0 radical (unpaired) electrons. The van der Waals surface area contributed by atoms with Crippen LogP contribution in [0.3, 0.4) is 0 Å². The Balaban J connectivity index is 1.61. The fourth-order valence-electron chi connectivity index (χ4n) is 3.09. The van der Waals surface area contributed by atoms with E-state index in [4.69, 9.17) is 0 Å². The largest absolute Gasteiger partial charge is 0.378 e. The number of carbonyl (C=O) groups is 2. The maximum Gasteiger partial charge on any atom is 0.255 e. The summed E-state index contributed by atoms with van der Waals surface area (Å²) in [4.78, 5) is 28.5. The molecule has 1 aliphatic rings. The average Bonchev–Trinajstić information content (AvgIpc) is 3.18. The third-order valence-electron chi connectivity index (χ3n) is 4.65. The van der Waals surface area contributed by atoms with Crippen molar-refractivity contribution < 1.29 is 9.59 Å². The van der Waals surface area contributed by atoms with E-state index < -0.39 is 0 Å². The van der Waals surface area contributed by atoms with E-state index in [2.05, 4.69) is 5.32 Å². The highest BCUT2D eigenvalue weighted by Gasteiger charge is 2.17. The van der Waals surface area contributed by atoms with Crippen LogP contribution in [0.25, 0.3) is 0 Å². The lowest BCUT2D eigenvalue weighted by Crippen LogP contribution is -2.29. The molecule has 1 heterocycles. The molecule has 1 fully saturated rings. The summed E-state index contributed by atoms with van der Waals surface area (Å²) < 4.78 is 0. The van der Waals surface area contributed by atoms with Crippen molar-refractivity contribution in [3.63, 3.8) is 0 Å². The summed E-state index contributed by atoms with van der Waals surface area (Å²) in [5.74, 6) is 0.0365. The first-order valence-electron chi connectivity index (χ1n) is 8.98. The minimum atomic E-state index is -0.144. The highest BCUT2D eigenvalue weighted by molar-refractivity contribution is 6.04. The molecule has 2 aromatic rings. The summed E-state index contributed by atoms with van der Waals surface area (Å²) in [5.41, 5.74) is 3.29. The van der Waals surface area contributed by atoms with Crippen molar-refractivity contribution in [2.24, 2.45) is 0 Å². The summed E-state index contributed by atoms with van der Waals surface area (Å²) in [6.07, 6.45) is 2.62. The van der Waals surface area contributed by atoms with Gasteiger partial charge in [-0.3, -0.25) is 9.59 Å². The molecule has 0 aromatic heterocycles. The smallest absolute Gasteiger partial charge is 0.255 e. The van der Waals surface area contributed by atoms with Crippen molar-refractivity contribution in [3.8, 4) is 0 Å². The zero-order valence-electron chi connectivity index (χ0n) is 15.4. The van der Waals surface area contributed by atoms with Gasteiger partial charge in [-0.15, -0.1) is 0 Å². The fourth-order valence-corrected chi connectivity index (χ4v) is 3.09. The Morgan fingerprint density at radius 2 is 1.73 bits per heavy atom. The van der Waals surface area contributed by atoms with Crippen molar-refractivity contribution in [3.05, 3.63) is 59.7 Å². The lowest BCUT2D eigenvalue weighted by Gasteiger charge is -2.15. The van der Waals surface area contributed by atoms with E-state index in [9.17, 15) is 9.59 Å². The Labute approximate surface area is 154 Å². The summed E-state index contributed by atoms with van der Waals surface area (Å²) in [6.45, 7) is 1.75. The maximum absolute atomic E-state index is 12.4. The number of amides is 2. The molecule has 0 saturated carbocycles. The van der Waals surface area contributed by atoms with Crippen molar-refractivity contribution in [2.45, 2.75) is 19.3 Å². The minimum Gasteiger partial charge on any atom is -0.378 e. The monoisotopic (exact) mass is 351 g/mol. The van der Waals surface area contributed by atoms with Crippen LogP contribution >= 0.6 is 0 Å². The number of benzene rings is 2. The lowest BCUT2D eigenvalue weighted by atomic mass is 10.1. The normalized spacial score (nSPS) is 13.5. The van der Waals surface area contributed by atoms with Crippen LogP contribution in [0.5, 0.6) is 0 Å². The van der Waals surface area contributed by atoms with Gasteiger partial charge in [-0.25, -0.2) is 0 Å². The van der Waals surface area contributed by atoms with Crippen molar-refractivity contribution in [1.82, 2.24) is 4.90 Å². The first kappa shape index (κ1) is 18.0. The van der Waals surface area contributed by atoms with Crippen molar-refractivity contribution in [1.29, 1.82) is 0 Å². The van der Waals surface area contributed by atoms with Gasteiger partial charge < -0.3 is 15.1 Å². The molecule has 1 saturated heterocycles. The minimum absolute atomic E-state index is 0.144. The Hall–Kier alpha value is -2.82. The van der Waals surface area contributed by atoms with Crippen LogP contribution in [0.2, 0.25) is 0 Å². The number of carbonyl (C=O) groups excluding carboxylic acids is 2. The van der Waals surface area contributed by atoms with Crippen LogP contribution < -0.4 is 10.2 Å². The molecule has 136 valence electrons. The van der Waals surface area contributed by atoms with Gasteiger partial charge in [0.05, 0.1) is 6.42 Å². The zero-order chi connectivity index (χ0) is 18.5. The van der Waals surface area contributed by atoms with Crippen molar-refractivity contribution >= 4 is 23.2 Å². The van der Waals surface area contributed by atoms with Gasteiger partial charge in [0, 0.05) is 44.1 Å². The predicted octanol–water partition coefficient (Wildman–Crippen LogP) is 3.17. The van der Waals surface area contributed by atoms with E-state index in [1.165, 1.54) is 0 Å². The van der Waals surface area contributed by atoms with Crippen molar-refractivity contribution in [2.75, 3.05) is 37.4 Å². The molecule has 0 unspecified atom stereocenters. The van der Waals surface area contributed by atoms with Gasteiger partial charge in [0.25, 0.3) is 5.91 Å². The Kier molecular flexibility index (Phi) is 5.56. The highest BCUT2D eigenvalue weighted by Crippen LogP contribution is 2.17. The number of hydrogen-bond acceptors (Lipinski definition) is 3. The van der Waals surface area contributed by atoms with Gasteiger partial charge in [0.1, 0.15) is 0 Å². The second-order valence-corrected chi connectivity index (χ2v) is 6.86. The average molecular weight is 351 g/mol. The molecule has 0 aliphatic carbocycles. The van der Waals surface area contributed by atoms with E-state index in [-0.39, 0.29) is 11.8 Å². The molecule has 2 aromatic carbocycles. The molecule has 3 rings (SSSR count). The van der Waals surface area contributed by atoms with Gasteiger partial charge in [-0.2, -0.15) is 0 Å². The van der Waals surface area contributed by atoms with Crippen LogP contribution in [-0.4, -0.2) is 43.9 Å². The van der Waals surface area contributed by atoms with Crippen LogP contribution in [0.15, 0.2) is 48.5 Å². The summed E-state index contributed by atoms with van der Waals surface area (Å²) in [5, 5.41) is 2.91. The van der Waals surface area contributed by atoms with Crippen LogP contribution in [0.1, 0.15) is 28.8 Å². The molecule has 26 heavy (non-hydrogen) atoms. The second-order valence-electron chi connectivity index (χ2n) is 6.86. The third-order valence-corrected chi connectivity index (χ3v) is 4.65. The Morgan fingerprint density at radius 3 is 2.38 bits per heavy atom. The first-order chi connectivity index (χ1) is 12.5. The molecular formula is C21H25N3O2. The molecule has 0 bridgehead atoms. The lowest BCUT2D eigenvalue weighted by molar-refractivity contribution is -0.129. The van der Waals surface area contributed by atoms with E-state index >= 15 is 0 Å². The quantitative estimate of drug-likeness (QED) is 0.900. The molecule has 1 N–H and O–H groups in total. The molecule has 0 spiro atoms. The highest BCUT2D eigenvalue weighted by atomic mass is 16.2. The fraction of sp³-hybridized carbons (Fsp3) is 0.333. The van der Waals surface area contributed by atoms with Gasteiger partial charge in [-0.05, 0) is 48.7 Å². The predicted molar refractivity (Wildman–Crippen MR) is 105 cm³/mol. The number of likely N-dealkylation sites (tertiary alicyclic amines) is 1. The number of anilines is 2. The van der Waals surface area contributed by atoms with E-state index in [0.717, 1.165) is 42.9 Å². The number of nitrogens with one attached hydrogen (secondary N) is 1. The molecule has 0 atom stereocenters. The van der Waals surface area contributed by atoms with E-state index in [1.54, 1.807) is 6.07 Å². The number of rotatable bonds is 5. The van der Waals surface area contributed by atoms with Crippen LogP contribution in [-0.2, 0) is 11.2 Å². The standard InChI is InChI=1S/C21H25N3O2/c1-23(2)19-7-5-6-17(15-19)21(26)22-18-10-8-16(9-11-18)14-20(25)24-12-3-4-13-24/h5-11,15H,3-4,12-14H2,1-2H3,(H,22,26). The van der Waals surface area contributed by atoms with Gasteiger partial charge in [0.2, 0.25) is 5.91 Å².